The molecular weight excluding hydrogens is 491 g/mol. The first-order valence-electron chi connectivity index (χ1n) is 10.4. The van der Waals surface area contributed by atoms with Gasteiger partial charge in [-0.25, -0.2) is 12.8 Å². The Labute approximate surface area is 202 Å². The smallest absolute Gasteiger partial charge is 0.255 e. The first-order valence-corrected chi connectivity index (χ1v) is 12.2. The van der Waals surface area contributed by atoms with Crippen molar-refractivity contribution < 1.29 is 36.6 Å². The molecule has 1 fully saturated rings. The number of carbonyl (C=O) groups is 1. The molecule has 186 valence electrons. The van der Waals surface area contributed by atoms with Gasteiger partial charge in [0.05, 0.1) is 44.7 Å². The highest BCUT2D eigenvalue weighted by Gasteiger charge is 2.32. The fourth-order valence-electron chi connectivity index (χ4n) is 3.31. The summed E-state index contributed by atoms with van der Waals surface area (Å²) < 4.78 is 63.1. The lowest BCUT2D eigenvalue weighted by atomic mass is 10.2. The number of hydrogen-bond donors (Lipinski definition) is 1. The molecule has 34 heavy (non-hydrogen) atoms. The Balaban J connectivity index is 1.85. The van der Waals surface area contributed by atoms with Crippen molar-refractivity contribution in [3.05, 3.63) is 52.8 Å². The van der Waals surface area contributed by atoms with Crippen LogP contribution in [0.2, 0.25) is 5.02 Å². The lowest BCUT2D eigenvalue weighted by Crippen LogP contribution is -2.39. The number of ether oxygens (including phenoxy) is 4. The van der Waals surface area contributed by atoms with Crippen molar-refractivity contribution in [1.29, 1.82) is 0 Å². The molecule has 1 unspecified atom stereocenters. The van der Waals surface area contributed by atoms with E-state index in [2.05, 4.69) is 5.32 Å². The normalized spacial score (nSPS) is 17.2. The molecule has 1 saturated heterocycles. The predicted octanol–water partition coefficient (Wildman–Crippen LogP) is 2.79. The van der Waals surface area contributed by atoms with Crippen LogP contribution in [-0.4, -0.2) is 78.5 Å². The van der Waals surface area contributed by atoms with Crippen LogP contribution < -0.4 is 10.1 Å². The van der Waals surface area contributed by atoms with Gasteiger partial charge in [-0.1, -0.05) is 11.6 Å². The Morgan fingerprint density at radius 2 is 2.03 bits per heavy atom. The highest BCUT2D eigenvalue weighted by atomic mass is 35.5. The average Bonchev–Trinajstić information content (AvgIpc) is 3.07. The summed E-state index contributed by atoms with van der Waals surface area (Å²) in [5, 5.41) is 2.43. The first kappa shape index (κ1) is 26.3. The van der Waals surface area contributed by atoms with Crippen molar-refractivity contribution in [1.82, 2.24) is 4.31 Å². The van der Waals surface area contributed by atoms with Crippen molar-refractivity contribution in [3.63, 3.8) is 0 Å². The van der Waals surface area contributed by atoms with E-state index in [1.165, 1.54) is 41.7 Å². The second-order valence-electron chi connectivity index (χ2n) is 7.37. The monoisotopic (exact) mass is 516 g/mol. The summed E-state index contributed by atoms with van der Waals surface area (Å²) in [5.74, 6) is -1.13. The van der Waals surface area contributed by atoms with Crippen LogP contribution in [0.1, 0.15) is 10.4 Å². The molecule has 0 aliphatic carbocycles. The lowest BCUT2D eigenvalue weighted by Gasteiger charge is -2.24. The molecule has 0 aromatic heterocycles. The predicted molar refractivity (Wildman–Crippen MR) is 124 cm³/mol. The van der Waals surface area contributed by atoms with Gasteiger partial charge in [0, 0.05) is 31.5 Å². The number of benzene rings is 2. The van der Waals surface area contributed by atoms with Crippen LogP contribution in [-0.2, 0) is 24.2 Å². The number of methoxy groups -OCH3 is 2. The molecule has 1 aliphatic rings. The van der Waals surface area contributed by atoms with E-state index in [-0.39, 0.29) is 53.2 Å². The fourth-order valence-corrected chi connectivity index (χ4v) is 5.12. The maximum absolute atomic E-state index is 13.5. The maximum atomic E-state index is 13.5. The van der Waals surface area contributed by atoms with E-state index in [9.17, 15) is 17.6 Å². The molecule has 0 radical (unpaired) electrons. The van der Waals surface area contributed by atoms with Crippen molar-refractivity contribution in [3.8, 4) is 5.75 Å². The van der Waals surface area contributed by atoms with Gasteiger partial charge in [-0.3, -0.25) is 4.79 Å². The summed E-state index contributed by atoms with van der Waals surface area (Å²) in [6.07, 6.45) is -0.479. The molecule has 0 saturated carbocycles. The summed E-state index contributed by atoms with van der Waals surface area (Å²) in [6.45, 7) is 1.28. The standard InChI is InChI=1S/C22H26ClFN2O7S/c1-30-9-10-33-17-13-26(7-8-32-14-17)34(28,29)21-11-15(3-6-20(21)31-2)22(27)25-16-4-5-19(24)18(23)12-16/h3-6,11-12,17H,7-10,13-14H2,1-2H3,(H,25,27). The number of nitrogens with zero attached hydrogens (tertiary/aromatic N) is 1. The summed E-state index contributed by atoms with van der Waals surface area (Å²) in [4.78, 5) is 12.6. The van der Waals surface area contributed by atoms with Gasteiger partial charge in [-0.15, -0.1) is 0 Å². The molecule has 1 heterocycles. The maximum Gasteiger partial charge on any atom is 0.255 e. The molecule has 2 aromatic carbocycles. The van der Waals surface area contributed by atoms with E-state index in [0.29, 0.717) is 13.2 Å². The van der Waals surface area contributed by atoms with Crippen LogP contribution in [0.3, 0.4) is 0 Å². The minimum absolute atomic E-state index is 0.0683. The zero-order valence-electron chi connectivity index (χ0n) is 18.8. The third-order valence-corrected chi connectivity index (χ3v) is 7.23. The van der Waals surface area contributed by atoms with Crippen LogP contribution in [0, 0.1) is 5.82 Å². The van der Waals surface area contributed by atoms with Crippen molar-refractivity contribution in [2.45, 2.75) is 11.0 Å². The minimum Gasteiger partial charge on any atom is -0.495 e. The van der Waals surface area contributed by atoms with Gasteiger partial charge in [0.25, 0.3) is 5.91 Å². The zero-order chi connectivity index (χ0) is 24.7. The third-order valence-electron chi connectivity index (χ3n) is 5.06. The zero-order valence-corrected chi connectivity index (χ0v) is 20.3. The number of hydrogen-bond acceptors (Lipinski definition) is 7. The van der Waals surface area contributed by atoms with E-state index < -0.39 is 27.9 Å². The van der Waals surface area contributed by atoms with Gasteiger partial charge >= 0.3 is 0 Å². The van der Waals surface area contributed by atoms with Crippen molar-refractivity contribution in [2.24, 2.45) is 0 Å². The summed E-state index contributed by atoms with van der Waals surface area (Å²) >= 11 is 5.76. The second kappa shape index (κ2) is 11.9. The molecule has 12 heteroatoms. The summed E-state index contributed by atoms with van der Waals surface area (Å²) in [5.41, 5.74) is 0.330. The van der Waals surface area contributed by atoms with Gasteiger partial charge in [-0.05, 0) is 36.4 Å². The number of anilines is 1. The van der Waals surface area contributed by atoms with E-state index in [1.54, 1.807) is 7.11 Å². The molecule has 1 N–H and O–H groups in total. The Morgan fingerprint density at radius 1 is 1.24 bits per heavy atom. The van der Waals surface area contributed by atoms with Gasteiger partial charge in [0.2, 0.25) is 10.0 Å². The number of halogens is 2. The Morgan fingerprint density at radius 3 is 2.74 bits per heavy atom. The van der Waals surface area contributed by atoms with Gasteiger partial charge in [0.1, 0.15) is 16.5 Å². The highest BCUT2D eigenvalue weighted by Crippen LogP contribution is 2.29. The SMILES string of the molecule is COCCOC1COCCN(S(=O)(=O)c2cc(C(=O)Nc3ccc(F)c(Cl)c3)ccc2OC)C1. The number of nitrogens with one attached hydrogen (secondary N) is 1. The molecule has 1 aliphatic heterocycles. The van der Waals surface area contributed by atoms with Crippen molar-refractivity contribution in [2.75, 3.05) is 59.1 Å². The van der Waals surface area contributed by atoms with Crippen molar-refractivity contribution >= 4 is 33.2 Å². The molecule has 0 bridgehead atoms. The van der Waals surface area contributed by atoms with E-state index in [0.717, 1.165) is 6.07 Å². The quantitative estimate of drug-likeness (QED) is 0.511. The minimum atomic E-state index is -4.07. The molecule has 0 spiro atoms. The molecule has 2 aromatic rings. The van der Waals surface area contributed by atoms with E-state index >= 15 is 0 Å². The van der Waals surface area contributed by atoms with Crippen LogP contribution in [0.25, 0.3) is 0 Å². The Kier molecular flexibility index (Phi) is 9.23. The molecule has 3 rings (SSSR count). The topological polar surface area (TPSA) is 103 Å². The van der Waals surface area contributed by atoms with Gasteiger partial charge in [-0.2, -0.15) is 4.31 Å². The van der Waals surface area contributed by atoms with Crippen LogP contribution in [0.5, 0.6) is 5.75 Å². The first-order chi connectivity index (χ1) is 16.3. The lowest BCUT2D eigenvalue weighted by molar-refractivity contribution is -0.0216. The fraction of sp³-hybridized carbons (Fsp3) is 0.409. The summed E-state index contributed by atoms with van der Waals surface area (Å²) in [6, 6.07) is 7.80. The van der Waals surface area contributed by atoms with Crippen LogP contribution in [0.4, 0.5) is 10.1 Å². The second-order valence-corrected chi connectivity index (χ2v) is 9.69. The Hall–Kier alpha value is -2.28. The molecule has 1 atom stereocenters. The highest BCUT2D eigenvalue weighted by molar-refractivity contribution is 7.89. The van der Waals surface area contributed by atoms with E-state index in [1.807, 2.05) is 0 Å². The molecule has 1 amide bonds. The largest absolute Gasteiger partial charge is 0.495 e. The van der Waals surface area contributed by atoms with Crippen LogP contribution >= 0.6 is 11.6 Å². The number of carbonyl (C=O) groups excluding carboxylic acids is 1. The van der Waals surface area contributed by atoms with Crippen LogP contribution in [0.15, 0.2) is 41.3 Å². The van der Waals surface area contributed by atoms with Gasteiger partial charge in [0.15, 0.2) is 0 Å². The number of sulfonamides is 1. The van der Waals surface area contributed by atoms with Gasteiger partial charge < -0.3 is 24.3 Å². The van der Waals surface area contributed by atoms with E-state index in [4.69, 9.17) is 30.5 Å². The molecule has 9 nitrogen and oxygen atoms in total. The Bertz CT molecular complexity index is 1120. The number of amides is 1. The summed E-state index contributed by atoms with van der Waals surface area (Å²) in [7, 11) is -1.18. The molecular formula is C22H26ClFN2O7S. The number of rotatable bonds is 9. The third kappa shape index (κ3) is 6.44. The average molecular weight is 517 g/mol.